The lowest BCUT2D eigenvalue weighted by molar-refractivity contribution is -0.121. The van der Waals surface area contributed by atoms with Gasteiger partial charge < -0.3 is 24.7 Å². The van der Waals surface area contributed by atoms with Crippen LogP contribution in [0.4, 0.5) is 0 Å². The van der Waals surface area contributed by atoms with Crippen LogP contribution in [0.3, 0.4) is 0 Å². The van der Waals surface area contributed by atoms with Crippen molar-refractivity contribution in [2.75, 3.05) is 33.5 Å². The molecule has 11 heteroatoms. The fourth-order valence-electron chi connectivity index (χ4n) is 2.89. The van der Waals surface area contributed by atoms with Gasteiger partial charge >= 0.3 is 0 Å². The van der Waals surface area contributed by atoms with Gasteiger partial charge in [-0.2, -0.15) is 0 Å². The number of rotatable bonds is 9. The first-order valence-corrected chi connectivity index (χ1v) is 10.9. The SMILES string of the molecule is COc1cc([C@H](CC(=O)NCCS(=O)(=O)N(C)C)c2oc(C)cc(=O)c2O)ccc1O. The highest BCUT2D eigenvalue weighted by atomic mass is 32.2. The van der Waals surface area contributed by atoms with Crippen LogP contribution >= 0.6 is 0 Å². The van der Waals surface area contributed by atoms with E-state index in [4.69, 9.17) is 9.15 Å². The van der Waals surface area contributed by atoms with Crippen molar-refractivity contribution in [3.8, 4) is 17.2 Å². The Labute approximate surface area is 180 Å². The van der Waals surface area contributed by atoms with Gasteiger partial charge in [-0.25, -0.2) is 12.7 Å². The summed E-state index contributed by atoms with van der Waals surface area (Å²) in [7, 11) is 0.667. The molecule has 31 heavy (non-hydrogen) atoms. The van der Waals surface area contributed by atoms with E-state index in [9.17, 15) is 28.2 Å². The molecule has 1 atom stereocenters. The van der Waals surface area contributed by atoms with Crippen molar-refractivity contribution in [1.82, 2.24) is 9.62 Å². The summed E-state index contributed by atoms with van der Waals surface area (Å²) in [6, 6.07) is 5.45. The Morgan fingerprint density at radius 3 is 2.55 bits per heavy atom. The van der Waals surface area contributed by atoms with Crippen LogP contribution in [0.5, 0.6) is 17.2 Å². The van der Waals surface area contributed by atoms with Crippen LogP contribution in [0.15, 0.2) is 33.5 Å². The Bertz CT molecular complexity index is 1110. The molecule has 1 aromatic carbocycles. The largest absolute Gasteiger partial charge is 0.504 e. The molecule has 2 rings (SSSR count). The summed E-state index contributed by atoms with van der Waals surface area (Å²) in [6.45, 7) is 1.42. The second-order valence-corrected chi connectivity index (χ2v) is 9.37. The number of hydrogen-bond acceptors (Lipinski definition) is 8. The van der Waals surface area contributed by atoms with Gasteiger partial charge in [-0.05, 0) is 24.6 Å². The number of benzene rings is 1. The number of phenolic OH excluding ortho intramolecular Hbond substituents is 1. The molecular weight excluding hydrogens is 428 g/mol. The maximum atomic E-state index is 12.6. The van der Waals surface area contributed by atoms with Crippen LogP contribution in [0.1, 0.15) is 29.4 Å². The van der Waals surface area contributed by atoms with Crippen molar-refractivity contribution in [2.45, 2.75) is 19.3 Å². The molecule has 0 aliphatic carbocycles. The van der Waals surface area contributed by atoms with E-state index in [1.807, 2.05) is 0 Å². The Hall–Kier alpha value is -3.05. The second kappa shape index (κ2) is 9.84. The van der Waals surface area contributed by atoms with Crippen molar-refractivity contribution < 1.29 is 32.6 Å². The van der Waals surface area contributed by atoms with Gasteiger partial charge in [-0.3, -0.25) is 9.59 Å². The van der Waals surface area contributed by atoms with Crippen molar-refractivity contribution in [2.24, 2.45) is 0 Å². The quantitative estimate of drug-likeness (QED) is 0.506. The molecular formula is C20H26N2O8S. The number of sulfonamides is 1. The van der Waals surface area contributed by atoms with Crippen molar-refractivity contribution in [3.05, 3.63) is 51.6 Å². The molecule has 1 heterocycles. The van der Waals surface area contributed by atoms with Crippen LogP contribution in [-0.2, 0) is 14.8 Å². The number of carbonyl (C=O) groups is 1. The molecule has 0 bridgehead atoms. The molecule has 170 valence electrons. The van der Waals surface area contributed by atoms with Gasteiger partial charge in [0, 0.05) is 33.1 Å². The molecule has 0 radical (unpaired) electrons. The molecule has 0 aliphatic heterocycles. The van der Waals surface area contributed by atoms with E-state index in [1.54, 1.807) is 0 Å². The van der Waals surface area contributed by atoms with Gasteiger partial charge in [0.05, 0.1) is 18.8 Å². The molecule has 0 saturated heterocycles. The fraction of sp³-hybridized carbons (Fsp3) is 0.400. The average Bonchev–Trinajstić information content (AvgIpc) is 2.69. The van der Waals surface area contributed by atoms with Gasteiger partial charge in [-0.15, -0.1) is 0 Å². The molecule has 0 fully saturated rings. The van der Waals surface area contributed by atoms with Gasteiger partial charge in [0.1, 0.15) is 5.76 Å². The number of nitrogens with one attached hydrogen (secondary N) is 1. The van der Waals surface area contributed by atoms with Gasteiger partial charge in [-0.1, -0.05) is 6.07 Å². The number of carbonyl (C=O) groups excluding carboxylic acids is 1. The zero-order valence-electron chi connectivity index (χ0n) is 17.7. The molecule has 2 aromatic rings. The smallest absolute Gasteiger partial charge is 0.227 e. The number of hydrogen-bond donors (Lipinski definition) is 3. The average molecular weight is 455 g/mol. The summed E-state index contributed by atoms with van der Waals surface area (Å²) < 4.78 is 35.4. The summed E-state index contributed by atoms with van der Waals surface area (Å²) in [6.07, 6.45) is -0.254. The normalized spacial score (nSPS) is 12.5. The zero-order chi connectivity index (χ0) is 23.3. The molecule has 0 unspecified atom stereocenters. The first-order chi connectivity index (χ1) is 14.5. The van der Waals surface area contributed by atoms with Crippen molar-refractivity contribution in [1.29, 1.82) is 0 Å². The molecule has 10 nitrogen and oxygen atoms in total. The fourth-order valence-corrected chi connectivity index (χ4v) is 3.62. The van der Waals surface area contributed by atoms with E-state index in [2.05, 4.69) is 5.32 Å². The van der Waals surface area contributed by atoms with Gasteiger partial charge in [0.15, 0.2) is 17.3 Å². The van der Waals surface area contributed by atoms with E-state index in [0.717, 1.165) is 10.4 Å². The number of amides is 1. The van der Waals surface area contributed by atoms with Gasteiger partial charge in [0.25, 0.3) is 0 Å². The maximum Gasteiger partial charge on any atom is 0.227 e. The molecule has 0 saturated carbocycles. The first kappa shape index (κ1) is 24.2. The summed E-state index contributed by atoms with van der Waals surface area (Å²) in [4.78, 5) is 24.6. The topological polar surface area (TPSA) is 146 Å². The molecule has 1 aromatic heterocycles. The monoisotopic (exact) mass is 454 g/mol. The van der Waals surface area contributed by atoms with Crippen molar-refractivity contribution in [3.63, 3.8) is 0 Å². The van der Waals surface area contributed by atoms with Gasteiger partial charge in [0.2, 0.25) is 27.1 Å². The number of aryl methyl sites for hydroxylation is 1. The number of methoxy groups -OCH3 is 1. The Balaban J connectivity index is 2.36. The minimum absolute atomic E-state index is 0.116. The lowest BCUT2D eigenvalue weighted by Crippen LogP contribution is -2.34. The number of ether oxygens (including phenoxy) is 1. The van der Waals surface area contributed by atoms with E-state index >= 15 is 0 Å². The third-order valence-corrected chi connectivity index (χ3v) is 6.46. The van der Waals surface area contributed by atoms with Crippen LogP contribution < -0.4 is 15.5 Å². The lowest BCUT2D eigenvalue weighted by Gasteiger charge is -2.19. The third-order valence-electron chi connectivity index (χ3n) is 4.62. The minimum Gasteiger partial charge on any atom is -0.504 e. The van der Waals surface area contributed by atoms with E-state index in [0.29, 0.717) is 5.56 Å². The predicted molar refractivity (Wildman–Crippen MR) is 113 cm³/mol. The van der Waals surface area contributed by atoms with E-state index in [1.165, 1.54) is 46.3 Å². The van der Waals surface area contributed by atoms with Crippen molar-refractivity contribution >= 4 is 15.9 Å². The molecule has 0 aliphatic rings. The zero-order valence-corrected chi connectivity index (χ0v) is 18.5. The molecule has 1 amide bonds. The highest BCUT2D eigenvalue weighted by Gasteiger charge is 2.27. The van der Waals surface area contributed by atoms with E-state index in [-0.39, 0.29) is 41.7 Å². The maximum absolute atomic E-state index is 12.6. The summed E-state index contributed by atoms with van der Waals surface area (Å²) >= 11 is 0. The van der Waals surface area contributed by atoms with Crippen LogP contribution in [0, 0.1) is 6.92 Å². The Kier molecular flexibility index (Phi) is 7.69. The van der Waals surface area contributed by atoms with Crippen LogP contribution in [0.25, 0.3) is 0 Å². The summed E-state index contributed by atoms with van der Waals surface area (Å²) in [5.41, 5.74) is -0.221. The Morgan fingerprint density at radius 2 is 1.94 bits per heavy atom. The number of aromatic hydroxyl groups is 2. The highest BCUT2D eigenvalue weighted by molar-refractivity contribution is 7.89. The molecule has 3 N–H and O–H groups in total. The molecule has 0 spiro atoms. The lowest BCUT2D eigenvalue weighted by atomic mass is 9.91. The first-order valence-electron chi connectivity index (χ1n) is 9.33. The predicted octanol–water partition coefficient (Wildman–Crippen LogP) is 0.898. The summed E-state index contributed by atoms with van der Waals surface area (Å²) in [5.74, 6) is -2.20. The number of nitrogens with zero attached hydrogens (tertiary/aromatic N) is 1. The standard InChI is InChI=1S/C20H26N2O8S/c1-12-9-16(24)19(26)20(30-12)14(13-5-6-15(23)17(10-13)29-4)11-18(25)21-7-8-31(27,28)22(2)3/h5-6,9-10,14,23,26H,7-8,11H2,1-4H3,(H,21,25)/t14-/m0/s1. The second-order valence-electron chi connectivity index (χ2n) is 7.07. The third kappa shape index (κ3) is 5.98. The number of phenols is 1. The van der Waals surface area contributed by atoms with E-state index < -0.39 is 33.0 Å². The summed E-state index contributed by atoms with van der Waals surface area (Å²) in [5, 5.41) is 22.7. The van der Waals surface area contributed by atoms with Crippen LogP contribution in [0.2, 0.25) is 0 Å². The Morgan fingerprint density at radius 1 is 1.26 bits per heavy atom. The van der Waals surface area contributed by atoms with Crippen LogP contribution in [-0.4, -0.2) is 62.3 Å². The minimum atomic E-state index is -3.48. The highest BCUT2D eigenvalue weighted by Crippen LogP contribution is 2.37.